The molecular weight excluding hydrogens is 203 g/mol. The second kappa shape index (κ2) is 3.67. The van der Waals surface area contributed by atoms with Crippen molar-refractivity contribution in [3.63, 3.8) is 0 Å². The normalized spacial score (nSPS) is 35.1. The van der Waals surface area contributed by atoms with Crippen molar-refractivity contribution in [3.8, 4) is 0 Å². The van der Waals surface area contributed by atoms with E-state index < -0.39 is 0 Å². The van der Waals surface area contributed by atoms with Gasteiger partial charge in [0.2, 0.25) is 0 Å². The van der Waals surface area contributed by atoms with Gasteiger partial charge in [-0.05, 0) is 24.8 Å². The smallest absolute Gasteiger partial charge is 0.0705 e. The lowest BCUT2D eigenvalue weighted by Gasteiger charge is -2.31. The highest BCUT2D eigenvalue weighted by atomic mass is 35.5. The van der Waals surface area contributed by atoms with Gasteiger partial charge in [-0.2, -0.15) is 0 Å². The third-order valence-corrected chi connectivity index (χ3v) is 3.95. The summed E-state index contributed by atoms with van der Waals surface area (Å²) in [6.07, 6.45) is 12.1. The van der Waals surface area contributed by atoms with E-state index in [4.69, 9.17) is 23.2 Å². The first kappa shape index (κ1) is 9.61. The van der Waals surface area contributed by atoms with E-state index >= 15 is 0 Å². The molecule has 0 aromatic heterocycles. The highest BCUT2D eigenvalue weighted by Crippen LogP contribution is 2.45. The molecule has 1 atom stereocenters. The van der Waals surface area contributed by atoms with Gasteiger partial charge in [0.25, 0.3) is 0 Å². The van der Waals surface area contributed by atoms with Gasteiger partial charge in [0.15, 0.2) is 0 Å². The molecule has 2 rings (SSSR count). The van der Waals surface area contributed by atoms with Gasteiger partial charge in [0.1, 0.15) is 0 Å². The topological polar surface area (TPSA) is 0 Å². The zero-order chi connectivity index (χ0) is 9.31. The van der Waals surface area contributed by atoms with Crippen LogP contribution in [-0.2, 0) is 0 Å². The third-order valence-electron chi connectivity index (χ3n) is 3.12. The van der Waals surface area contributed by atoms with Crippen LogP contribution in [0.1, 0.15) is 32.1 Å². The number of hydrogen-bond donors (Lipinski definition) is 0. The second-order valence-corrected chi connectivity index (χ2v) is 5.25. The summed E-state index contributed by atoms with van der Waals surface area (Å²) in [6, 6.07) is 0. The molecule has 2 aliphatic carbocycles. The lowest BCUT2D eigenvalue weighted by atomic mass is 9.85. The largest absolute Gasteiger partial charge is 0.114 e. The monoisotopic (exact) mass is 216 g/mol. The average Bonchev–Trinajstić information content (AvgIpc) is 2.55. The van der Waals surface area contributed by atoms with Crippen molar-refractivity contribution in [3.05, 3.63) is 23.3 Å². The summed E-state index contributed by atoms with van der Waals surface area (Å²) in [6.45, 7) is 0. The first-order valence-electron chi connectivity index (χ1n) is 4.93. The quantitative estimate of drug-likeness (QED) is 0.576. The maximum Gasteiger partial charge on any atom is 0.0705 e. The molecule has 0 heterocycles. The summed E-state index contributed by atoms with van der Waals surface area (Å²) < 4.78 is 0. The molecule has 0 N–H and O–H groups in total. The zero-order valence-electron chi connectivity index (χ0n) is 7.60. The number of hydrogen-bond acceptors (Lipinski definition) is 0. The summed E-state index contributed by atoms with van der Waals surface area (Å²) in [5, 5.41) is 0.893. The molecule has 1 fully saturated rings. The van der Waals surface area contributed by atoms with E-state index in [0.717, 1.165) is 11.5 Å². The van der Waals surface area contributed by atoms with Crippen LogP contribution in [0.25, 0.3) is 0 Å². The Morgan fingerprint density at radius 3 is 2.62 bits per heavy atom. The number of alkyl halides is 1. The van der Waals surface area contributed by atoms with E-state index in [1.165, 1.54) is 25.7 Å². The predicted molar refractivity (Wildman–Crippen MR) is 58.2 cm³/mol. The minimum absolute atomic E-state index is 0.178. The fraction of sp³-hybridized carbons (Fsp3) is 0.636. The molecule has 2 heteroatoms. The summed E-state index contributed by atoms with van der Waals surface area (Å²) in [4.78, 5) is -0.178. The van der Waals surface area contributed by atoms with Crippen molar-refractivity contribution in [2.24, 2.45) is 5.92 Å². The maximum atomic E-state index is 6.56. The molecule has 0 nitrogen and oxygen atoms in total. The molecule has 0 saturated heterocycles. The summed E-state index contributed by atoms with van der Waals surface area (Å²) in [5.41, 5.74) is 0. The van der Waals surface area contributed by atoms with E-state index in [2.05, 4.69) is 6.08 Å². The van der Waals surface area contributed by atoms with Gasteiger partial charge < -0.3 is 0 Å². The van der Waals surface area contributed by atoms with Crippen LogP contribution in [0.4, 0.5) is 0 Å². The molecule has 0 aliphatic heterocycles. The van der Waals surface area contributed by atoms with Gasteiger partial charge in [-0.15, -0.1) is 11.6 Å². The Morgan fingerprint density at radius 1 is 1.31 bits per heavy atom. The molecule has 13 heavy (non-hydrogen) atoms. The van der Waals surface area contributed by atoms with Crippen LogP contribution in [0.15, 0.2) is 23.3 Å². The van der Waals surface area contributed by atoms with Crippen LogP contribution < -0.4 is 0 Å². The SMILES string of the molecule is ClC1=CC=CC(Cl)(C2CCCC2)C1. The van der Waals surface area contributed by atoms with Gasteiger partial charge in [0, 0.05) is 11.5 Å². The molecule has 2 aliphatic rings. The molecule has 0 aromatic rings. The highest BCUT2D eigenvalue weighted by molar-refractivity contribution is 6.32. The fourth-order valence-electron chi connectivity index (χ4n) is 2.38. The van der Waals surface area contributed by atoms with Gasteiger partial charge in [-0.3, -0.25) is 0 Å². The van der Waals surface area contributed by atoms with Crippen molar-refractivity contribution < 1.29 is 0 Å². The molecule has 0 spiro atoms. The first-order valence-corrected chi connectivity index (χ1v) is 5.69. The molecule has 0 bridgehead atoms. The molecular formula is C11H14Cl2. The molecule has 72 valence electrons. The van der Waals surface area contributed by atoms with Gasteiger partial charge in [-0.1, -0.05) is 36.6 Å². The van der Waals surface area contributed by atoms with Crippen LogP contribution in [0.3, 0.4) is 0 Å². The Kier molecular flexibility index (Phi) is 2.71. The summed E-state index contributed by atoms with van der Waals surface area (Å²) in [5.74, 6) is 0.632. The van der Waals surface area contributed by atoms with Crippen LogP contribution in [0.5, 0.6) is 0 Å². The van der Waals surface area contributed by atoms with E-state index in [0.29, 0.717) is 5.92 Å². The van der Waals surface area contributed by atoms with E-state index in [1.807, 2.05) is 12.2 Å². The van der Waals surface area contributed by atoms with Gasteiger partial charge >= 0.3 is 0 Å². The Morgan fingerprint density at radius 2 is 2.00 bits per heavy atom. The standard InChI is InChI=1S/C11H14Cl2/c12-10-6-3-7-11(13,8-10)9-4-1-2-5-9/h3,6-7,9H,1-2,4-5,8H2. The van der Waals surface area contributed by atoms with E-state index in [9.17, 15) is 0 Å². The molecule has 1 saturated carbocycles. The minimum atomic E-state index is -0.178. The summed E-state index contributed by atoms with van der Waals surface area (Å²) >= 11 is 12.6. The third kappa shape index (κ3) is 1.94. The van der Waals surface area contributed by atoms with E-state index in [-0.39, 0.29) is 4.87 Å². The zero-order valence-corrected chi connectivity index (χ0v) is 9.11. The Labute approximate surface area is 89.6 Å². The van der Waals surface area contributed by atoms with Crippen LogP contribution in [0.2, 0.25) is 0 Å². The molecule has 0 radical (unpaired) electrons. The number of rotatable bonds is 1. The molecule has 0 aromatic carbocycles. The highest BCUT2D eigenvalue weighted by Gasteiger charge is 2.37. The fourth-order valence-corrected chi connectivity index (χ4v) is 3.17. The first-order chi connectivity index (χ1) is 6.21. The van der Waals surface area contributed by atoms with Crippen molar-refractivity contribution >= 4 is 23.2 Å². The van der Waals surface area contributed by atoms with Crippen molar-refractivity contribution in [1.29, 1.82) is 0 Å². The minimum Gasteiger partial charge on any atom is -0.114 e. The average molecular weight is 217 g/mol. The van der Waals surface area contributed by atoms with Crippen LogP contribution in [0, 0.1) is 5.92 Å². The van der Waals surface area contributed by atoms with E-state index in [1.54, 1.807) is 0 Å². The molecule has 1 unspecified atom stereocenters. The summed E-state index contributed by atoms with van der Waals surface area (Å²) in [7, 11) is 0. The maximum absolute atomic E-state index is 6.56. The predicted octanol–water partition coefficient (Wildman–Crippen LogP) is 4.24. The number of halogens is 2. The Balaban J connectivity index is 2.12. The van der Waals surface area contributed by atoms with Crippen LogP contribution in [-0.4, -0.2) is 4.87 Å². The second-order valence-electron chi connectivity index (χ2n) is 4.06. The van der Waals surface area contributed by atoms with Crippen molar-refractivity contribution in [1.82, 2.24) is 0 Å². The van der Waals surface area contributed by atoms with Crippen molar-refractivity contribution in [2.75, 3.05) is 0 Å². The Hall–Kier alpha value is 0.0600. The van der Waals surface area contributed by atoms with Crippen LogP contribution >= 0.6 is 23.2 Å². The lowest BCUT2D eigenvalue weighted by molar-refractivity contribution is 0.434. The van der Waals surface area contributed by atoms with Gasteiger partial charge in [0.05, 0.1) is 4.87 Å². The Bertz CT molecular complexity index is 249. The van der Waals surface area contributed by atoms with Crippen molar-refractivity contribution in [2.45, 2.75) is 37.0 Å². The van der Waals surface area contributed by atoms with Gasteiger partial charge in [-0.25, -0.2) is 0 Å². The lowest BCUT2D eigenvalue weighted by Crippen LogP contribution is -2.29. The number of allylic oxidation sites excluding steroid dienone is 4. The molecule has 0 amide bonds.